The van der Waals surface area contributed by atoms with Crippen molar-refractivity contribution in [3.8, 4) is 34.5 Å². The van der Waals surface area contributed by atoms with E-state index in [0.717, 1.165) is 5.56 Å². The van der Waals surface area contributed by atoms with Crippen LogP contribution in [0, 0.1) is 5.92 Å². The van der Waals surface area contributed by atoms with E-state index in [1.54, 1.807) is 24.3 Å². The molecule has 1 heterocycles. The number of carbonyl (C=O) groups is 1. The number of phenols is 3. The molecule has 2 aromatic carbocycles. The summed E-state index contributed by atoms with van der Waals surface area (Å²) in [6.07, 6.45) is 0.384. The summed E-state index contributed by atoms with van der Waals surface area (Å²) in [4.78, 5) is 12.9. The van der Waals surface area contributed by atoms with Crippen molar-refractivity contribution in [2.45, 2.75) is 6.42 Å². The first-order valence-corrected chi connectivity index (χ1v) is 7.62. The third kappa shape index (κ3) is 2.77. The standard InChI is InChI=1S/C18H18O7/c1-23-16-12-13(20)10(7-9-3-5-11(19)6-4-9)8-25-17(12)15(22)18(24-2)14(16)21/h3-6,10,19,21-22H,7-8H2,1-2H3/t10-/m1/s1. The number of methoxy groups -OCH3 is 2. The highest BCUT2D eigenvalue weighted by atomic mass is 16.5. The predicted molar refractivity (Wildman–Crippen MR) is 88.0 cm³/mol. The van der Waals surface area contributed by atoms with Gasteiger partial charge in [-0.3, -0.25) is 4.79 Å². The van der Waals surface area contributed by atoms with E-state index in [4.69, 9.17) is 14.2 Å². The number of ketones is 1. The maximum Gasteiger partial charge on any atom is 0.210 e. The molecule has 1 aliphatic rings. The van der Waals surface area contributed by atoms with Gasteiger partial charge in [-0.25, -0.2) is 0 Å². The third-order valence-corrected chi connectivity index (χ3v) is 4.19. The largest absolute Gasteiger partial charge is 0.508 e. The highest BCUT2D eigenvalue weighted by molar-refractivity contribution is 6.06. The molecule has 3 rings (SSSR count). The number of rotatable bonds is 4. The second-order valence-electron chi connectivity index (χ2n) is 5.71. The monoisotopic (exact) mass is 346 g/mol. The van der Waals surface area contributed by atoms with Crippen LogP contribution in [0.25, 0.3) is 0 Å². The molecule has 0 aliphatic carbocycles. The summed E-state index contributed by atoms with van der Waals surface area (Å²) in [6.45, 7) is 0.0668. The van der Waals surface area contributed by atoms with Gasteiger partial charge in [0.15, 0.2) is 17.3 Å². The minimum atomic E-state index is -0.516. The number of hydrogen-bond donors (Lipinski definition) is 3. The van der Waals surface area contributed by atoms with Gasteiger partial charge in [0, 0.05) is 0 Å². The second-order valence-corrected chi connectivity index (χ2v) is 5.71. The first kappa shape index (κ1) is 16.8. The zero-order valence-corrected chi connectivity index (χ0v) is 13.8. The second kappa shape index (κ2) is 6.43. The van der Waals surface area contributed by atoms with E-state index < -0.39 is 17.4 Å². The first-order chi connectivity index (χ1) is 12.0. The molecule has 0 saturated heterocycles. The Morgan fingerprint density at radius 3 is 2.28 bits per heavy atom. The zero-order valence-electron chi connectivity index (χ0n) is 13.8. The van der Waals surface area contributed by atoms with Crippen molar-refractivity contribution in [3.63, 3.8) is 0 Å². The van der Waals surface area contributed by atoms with Gasteiger partial charge in [-0.15, -0.1) is 0 Å². The average Bonchev–Trinajstić information content (AvgIpc) is 2.60. The molecule has 0 amide bonds. The number of benzene rings is 2. The predicted octanol–water partition coefficient (Wildman–Crippen LogP) is 2.25. The molecule has 1 aliphatic heterocycles. The van der Waals surface area contributed by atoms with E-state index in [1.165, 1.54) is 14.2 Å². The fourth-order valence-electron chi connectivity index (χ4n) is 2.95. The molecule has 0 saturated carbocycles. The minimum Gasteiger partial charge on any atom is -0.508 e. The number of ether oxygens (including phenoxy) is 3. The van der Waals surface area contributed by atoms with Gasteiger partial charge < -0.3 is 29.5 Å². The van der Waals surface area contributed by atoms with Gasteiger partial charge >= 0.3 is 0 Å². The number of hydrogen-bond acceptors (Lipinski definition) is 7. The summed E-state index contributed by atoms with van der Waals surface area (Å²) < 4.78 is 15.7. The van der Waals surface area contributed by atoms with Crippen molar-refractivity contribution in [3.05, 3.63) is 35.4 Å². The van der Waals surface area contributed by atoms with E-state index >= 15 is 0 Å². The summed E-state index contributed by atoms with van der Waals surface area (Å²) >= 11 is 0. The molecular formula is C18H18O7. The molecule has 0 unspecified atom stereocenters. The summed E-state index contributed by atoms with van der Waals surface area (Å²) in [5.41, 5.74) is 0.845. The Morgan fingerprint density at radius 1 is 1.04 bits per heavy atom. The molecule has 132 valence electrons. The third-order valence-electron chi connectivity index (χ3n) is 4.19. The molecule has 0 fully saturated rings. The Morgan fingerprint density at radius 2 is 1.68 bits per heavy atom. The van der Waals surface area contributed by atoms with Crippen LogP contribution in [0.1, 0.15) is 15.9 Å². The van der Waals surface area contributed by atoms with Gasteiger partial charge in [-0.2, -0.15) is 0 Å². The molecule has 0 spiro atoms. The Hall–Kier alpha value is -3.09. The Kier molecular flexibility index (Phi) is 4.31. The van der Waals surface area contributed by atoms with E-state index in [2.05, 4.69) is 0 Å². The lowest BCUT2D eigenvalue weighted by Crippen LogP contribution is -2.30. The lowest BCUT2D eigenvalue weighted by Gasteiger charge is -2.27. The van der Waals surface area contributed by atoms with Gasteiger partial charge in [0.25, 0.3) is 0 Å². The van der Waals surface area contributed by atoms with Crippen molar-refractivity contribution in [1.29, 1.82) is 0 Å². The SMILES string of the molecule is COc1c(O)c(OC)c2c(c1O)OC[C@@H](Cc1ccc(O)cc1)C2=O. The number of Topliss-reactive ketones (excluding diaryl/α,β-unsaturated/α-hetero) is 1. The maximum absolute atomic E-state index is 12.9. The van der Waals surface area contributed by atoms with Gasteiger partial charge in [-0.05, 0) is 24.1 Å². The maximum atomic E-state index is 12.9. The summed E-state index contributed by atoms with van der Waals surface area (Å²) in [7, 11) is 2.58. The van der Waals surface area contributed by atoms with Crippen LogP contribution in [0.2, 0.25) is 0 Å². The smallest absolute Gasteiger partial charge is 0.210 e. The molecule has 0 aromatic heterocycles. The summed E-state index contributed by atoms with van der Waals surface area (Å²) in [5.74, 6) is -1.93. The van der Waals surface area contributed by atoms with E-state index in [1.807, 2.05) is 0 Å². The van der Waals surface area contributed by atoms with Crippen LogP contribution in [0.15, 0.2) is 24.3 Å². The molecule has 3 N–H and O–H groups in total. The van der Waals surface area contributed by atoms with E-state index in [-0.39, 0.29) is 41.0 Å². The Labute approximate surface area is 144 Å². The number of aromatic hydroxyl groups is 3. The van der Waals surface area contributed by atoms with Crippen molar-refractivity contribution >= 4 is 5.78 Å². The van der Waals surface area contributed by atoms with Gasteiger partial charge in [0.05, 0.1) is 26.7 Å². The van der Waals surface area contributed by atoms with Crippen LogP contribution in [-0.2, 0) is 6.42 Å². The number of phenolic OH excluding ortho intramolecular Hbond substituents is 3. The Bertz CT molecular complexity index is 788. The van der Waals surface area contributed by atoms with Crippen molar-refractivity contribution < 1.29 is 34.3 Å². The van der Waals surface area contributed by atoms with Crippen LogP contribution < -0.4 is 14.2 Å². The minimum absolute atomic E-state index is 0.00618. The summed E-state index contributed by atoms with van der Waals surface area (Å²) in [5, 5.41) is 29.8. The first-order valence-electron chi connectivity index (χ1n) is 7.62. The van der Waals surface area contributed by atoms with Crippen LogP contribution in [-0.4, -0.2) is 41.9 Å². The molecule has 7 nitrogen and oxygen atoms in total. The van der Waals surface area contributed by atoms with Crippen LogP contribution in [0.3, 0.4) is 0 Å². The average molecular weight is 346 g/mol. The molecular weight excluding hydrogens is 328 g/mol. The fourth-order valence-corrected chi connectivity index (χ4v) is 2.95. The molecule has 2 aromatic rings. The van der Waals surface area contributed by atoms with Crippen molar-refractivity contribution in [2.24, 2.45) is 5.92 Å². The van der Waals surface area contributed by atoms with Gasteiger partial charge in [0.2, 0.25) is 17.2 Å². The highest BCUT2D eigenvalue weighted by Crippen LogP contribution is 2.54. The number of carbonyl (C=O) groups excluding carboxylic acids is 1. The molecule has 25 heavy (non-hydrogen) atoms. The molecule has 0 bridgehead atoms. The quantitative estimate of drug-likeness (QED) is 0.780. The molecule has 1 atom stereocenters. The summed E-state index contributed by atoms with van der Waals surface area (Å²) in [6, 6.07) is 6.53. The highest BCUT2D eigenvalue weighted by Gasteiger charge is 2.38. The molecule has 0 radical (unpaired) electrons. The van der Waals surface area contributed by atoms with Crippen LogP contribution in [0.5, 0.6) is 34.5 Å². The molecule has 7 heteroatoms. The normalized spacial score (nSPS) is 16.1. The van der Waals surface area contributed by atoms with Crippen LogP contribution in [0.4, 0.5) is 0 Å². The van der Waals surface area contributed by atoms with Crippen LogP contribution >= 0.6 is 0 Å². The lowest BCUT2D eigenvalue weighted by atomic mass is 9.88. The van der Waals surface area contributed by atoms with Crippen molar-refractivity contribution in [1.82, 2.24) is 0 Å². The topological polar surface area (TPSA) is 105 Å². The zero-order chi connectivity index (χ0) is 18.1. The van der Waals surface area contributed by atoms with Crippen molar-refractivity contribution in [2.75, 3.05) is 20.8 Å². The van der Waals surface area contributed by atoms with E-state index in [0.29, 0.717) is 6.42 Å². The number of fused-ring (bicyclic) bond motifs is 1. The lowest BCUT2D eigenvalue weighted by molar-refractivity contribution is 0.0818. The van der Waals surface area contributed by atoms with Gasteiger partial charge in [-0.1, -0.05) is 12.1 Å². The van der Waals surface area contributed by atoms with E-state index in [9.17, 15) is 20.1 Å². The Balaban J connectivity index is 2.00. The fraction of sp³-hybridized carbons (Fsp3) is 0.278. The van der Waals surface area contributed by atoms with Gasteiger partial charge in [0.1, 0.15) is 11.3 Å².